The summed E-state index contributed by atoms with van der Waals surface area (Å²) in [6.07, 6.45) is 1.52. The van der Waals surface area contributed by atoms with Gasteiger partial charge in [-0.2, -0.15) is 0 Å². The number of likely N-dealkylation sites (tertiary alicyclic amines) is 1. The molecular weight excluding hydrogens is 276 g/mol. The van der Waals surface area contributed by atoms with Crippen LogP contribution in [0, 0.1) is 0 Å². The summed E-state index contributed by atoms with van der Waals surface area (Å²) in [5.41, 5.74) is 0.685. The van der Waals surface area contributed by atoms with Gasteiger partial charge in [-0.05, 0) is 44.0 Å². The summed E-state index contributed by atoms with van der Waals surface area (Å²) >= 11 is 5.83. The van der Waals surface area contributed by atoms with E-state index in [4.69, 9.17) is 11.6 Å². The monoisotopic (exact) mass is 296 g/mol. The minimum atomic E-state index is -0.330. The number of aliphatic hydroxyl groups is 1. The molecule has 0 aliphatic carbocycles. The molecule has 0 radical (unpaired) electrons. The zero-order valence-corrected chi connectivity index (χ0v) is 12.4. The summed E-state index contributed by atoms with van der Waals surface area (Å²) in [4.78, 5) is 14.2. The fourth-order valence-corrected chi connectivity index (χ4v) is 2.52. The number of piperidine rings is 1. The summed E-state index contributed by atoms with van der Waals surface area (Å²) in [7, 11) is 0. The first kappa shape index (κ1) is 15.3. The molecule has 4 nitrogen and oxygen atoms in total. The number of carbonyl (C=O) groups is 1. The number of nitrogens with zero attached hydrogens (tertiary/aromatic N) is 1. The van der Waals surface area contributed by atoms with Gasteiger partial charge in [-0.3, -0.25) is 4.79 Å². The number of halogens is 1. The minimum Gasteiger partial charge on any atom is -0.392 e. The minimum absolute atomic E-state index is 0.0654. The Hall–Kier alpha value is -1.10. The molecule has 0 bridgehead atoms. The smallest absolute Gasteiger partial charge is 0.253 e. The van der Waals surface area contributed by atoms with Gasteiger partial charge < -0.3 is 15.3 Å². The lowest BCUT2D eigenvalue weighted by Crippen LogP contribution is -2.46. The lowest BCUT2D eigenvalue weighted by molar-refractivity contribution is 0.0699. The number of hydrogen-bond acceptors (Lipinski definition) is 3. The van der Waals surface area contributed by atoms with Crippen molar-refractivity contribution in [3.05, 3.63) is 34.9 Å². The average Bonchev–Trinajstić information content (AvgIpc) is 2.46. The van der Waals surface area contributed by atoms with Crippen LogP contribution >= 0.6 is 11.6 Å². The third-order valence-electron chi connectivity index (χ3n) is 3.58. The van der Waals surface area contributed by atoms with E-state index in [9.17, 15) is 9.90 Å². The van der Waals surface area contributed by atoms with Crippen molar-refractivity contribution in [2.24, 2.45) is 0 Å². The Morgan fingerprint density at radius 1 is 1.40 bits per heavy atom. The maximum Gasteiger partial charge on any atom is 0.253 e. The molecule has 5 heteroatoms. The number of benzene rings is 1. The number of amides is 1. The van der Waals surface area contributed by atoms with E-state index in [2.05, 4.69) is 5.32 Å². The summed E-state index contributed by atoms with van der Waals surface area (Å²) < 4.78 is 0. The van der Waals surface area contributed by atoms with E-state index in [1.807, 2.05) is 4.90 Å². The Morgan fingerprint density at radius 2 is 2.00 bits per heavy atom. The van der Waals surface area contributed by atoms with Crippen LogP contribution in [0.3, 0.4) is 0 Å². The third-order valence-corrected chi connectivity index (χ3v) is 3.83. The molecule has 1 unspecified atom stereocenters. The molecule has 1 aromatic rings. The Balaban J connectivity index is 1.84. The highest BCUT2D eigenvalue weighted by Gasteiger charge is 2.23. The van der Waals surface area contributed by atoms with Crippen LogP contribution < -0.4 is 5.32 Å². The molecule has 1 aliphatic rings. The molecule has 0 spiro atoms. The van der Waals surface area contributed by atoms with E-state index in [0.29, 0.717) is 23.2 Å². The Labute approximate surface area is 124 Å². The van der Waals surface area contributed by atoms with Crippen LogP contribution in [0.15, 0.2) is 24.3 Å². The summed E-state index contributed by atoms with van der Waals surface area (Å²) in [5.74, 6) is 0.0654. The predicted molar refractivity (Wildman–Crippen MR) is 80.1 cm³/mol. The highest BCUT2D eigenvalue weighted by Crippen LogP contribution is 2.16. The zero-order chi connectivity index (χ0) is 14.5. The van der Waals surface area contributed by atoms with Crippen LogP contribution in [0.25, 0.3) is 0 Å². The van der Waals surface area contributed by atoms with E-state index in [1.165, 1.54) is 0 Å². The number of hydrogen-bond donors (Lipinski definition) is 2. The Bertz CT molecular complexity index is 440. The highest BCUT2D eigenvalue weighted by atomic mass is 35.5. The lowest BCUT2D eigenvalue weighted by Gasteiger charge is -2.32. The van der Waals surface area contributed by atoms with Crippen LogP contribution in [-0.2, 0) is 0 Å². The highest BCUT2D eigenvalue weighted by molar-refractivity contribution is 6.30. The van der Waals surface area contributed by atoms with E-state index in [-0.39, 0.29) is 12.0 Å². The quantitative estimate of drug-likeness (QED) is 0.892. The van der Waals surface area contributed by atoms with Crippen molar-refractivity contribution >= 4 is 17.5 Å². The molecule has 0 saturated carbocycles. The molecule has 1 fully saturated rings. The van der Waals surface area contributed by atoms with Crippen molar-refractivity contribution in [1.29, 1.82) is 0 Å². The molecule has 110 valence electrons. The van der Waals surface area contributed by atoms with E-state index < -0.39 is 0 Å². The molecule has 1 heterocycles. The number of nitrogens with one attached hydrogen (secondary N) is 1. The average molecular weight is 297 g/mol. The summed E-state index contributed by atoms with van der Waals surface area (Å²) in [6.45, 7) is 3.87. The zero-order valence-electron chi connectivity index (χ0n) is 11.7. The largest absolute Gasteiger partial charge is 0.392 e. The fourth-order valence-electron chi connectivity index (χ4n) is 2.40. The van der Waals surface area contributed by atoms with E-state index in [1.54, 1.807) is 31.2 Å². The van der Waals surface area contributed by atoms with Gasteiger partial charge in [0.15, 0.2) is 0 Å². The van der Waals surface area contributed by atoms with Gasteiger partial charge in [0.1, 0.15) is 0 Å². The van der Waals surface area contributed by atoms with Crippen molar-refractivity contribution in [1.82, 2.24) is 10.2 Å². The van der Waals surface area contributed by atoms with E-state index in [0.717, 1.165) is 25.9 Å². The fraction of sp³-hybridized carbons (Fsp3) is 0.533. The van der Waals surface area contributed by atoms with Gasteiger partial charge in [-0.15, -0.1) is 0 Å². The van der Waals surface area contributed by atoms with Crippen molar-refractivity contribution in [2.45, 2.75) is 31.9 Å². The standard InChI is InChI=1S/C15H21ClN2O2/c1-11(19)10-17-14-6-8-18(9-7-14)15(20)12-2-4-13(16)5-3-12/h2-5,11,14,17,19H,6-10H2,1H3. The first-order valence-electron chi connectivity index (χ1n) is 7.02. The second kappa shape index (κ2) is 7.07. The number of aliphatic hydroxyl groups excluding tert-OH is 1. The molecule has 1 aromatic carbocycles. The van der Waals surface area contributed by atoms with Gasteiger partial charge in [0.2, 0.25) is 0 Å². The molecule has 1 aliphatic heterocycles. The van der Waals surface area contributed by atoms with Crippen molar-refractivity contribution < 1.29 is 9.90 Å². The second-order valence-electron chi connectivity index (χ2n) is 5.33. The normalized spacial score (nSPS) is 18.1. The Morgan fingerprint density at radius 3 is 2.55 bits per heavy atom. The molecule has 1 atom stereocenters. The number of carbonyl (C=O) groups excluding carboxylic acids is 1. The lowest BCUT2D eigenvalue weighted by atomic mass is 10.0. The van der Waals surface area contributed by atoms with Crippen molar-refractivity contribution in [3.63, 3.8) is 0 Å². The molecule has 1 saturated heterocycles. The number of rotatable bonds is 4. The van der Waals surface area contributed by atoms with Gasteiger partial charge in [0.05, 0.1) is 6.10 Å². The van der Waals surface area contributed by atoms with Gasteiger partial charge in [0.25, 0.3) is 5.91 Å². The van der Waals surface area contributed by atoms with Crippen LogP contribution in [0.1, 0.15) is 30.1 Å². The van der Waals surface area contributed by atoms with E-state index >= 15 is 0 Å². The van der Waals surface area contributed by atoms with Gasteiger partial charge >= 0.3 is 0 Å². The second-order valence-corrected chi connectivity index (χ2v) is 5.77. The molecule has 1 amide bonds. The molecule has 20 heavy (non-hydrogen) atoms. The van der Waals surface area contributed by atoms with Crippen LogP contribution in [0.2, 0.25) is 5.02 Å². The Kier molecular flexibility index (Phi) is 5.40. The summed E-state index contributed by atoms with van der Waals surface area (Å²) in [5, 5.41) is 13.2. The molecule has 2 rings (SSSR count). The van der Waals surface area contributed by atoms with Crippen molar-refractivity contribution in [2.75, 3.05) is 19.6 Å². The van der Waals surface area contributed by atoms with Gasteiger partial charge in [-0.25, -0.2) is 0 Å². The SMILES string of the molecule is CC(O)CNC1CCN(C(=O)c2ccc(Cl)cc2)CC1. The van der Waals surface area contributed by atoms with Gasteiger partial charge in [0, 0.05) is 36.3 Å². The first-order valence-corrected chi connectivity index (χ1v) is 7.40. The van der Waals surface area contributed by atoms with Crippen molar-refractivity contribution in [3.8, 4) is 0 Å². The first-order chi connectivity index (χ1) is 9.56. The van der Waals surface area contributed by atoms with Crippen LogP contribution in [0.4, 0.5) is 0 Å². The predicted octanol–water partition coefficient (Wildman–Crippen LogP) is 1.92. The molecule has 0 aromatic heterocycles. The summed E-state index contributed by atoms with van der Waals surface area (Å²) in [6, 6.07) is 7.40. The molecule has 2 N–H and O–H groups in total. The topological polar surface area (TPSA) is 52.6 Å². The maximum absolute atomic E-state index is 12.3. The molecular formula is C15H21ClN2O2. The van der Waals surface area contributed by atoms with Gasteiger partial charge in [-0.1, -0.05) is 11.6 Å². The van der Waals surface area contributed by atoms with Crippen LogP contribution in [-0.4, -0.2) is 47.7 Å². The maximum atomic E-state index is 12.3. The third kappa shape index (κ3) is 4.20. The van der Waals surface area contributed by atoms with Crippen LogP contribution in [0.5, 0.6) is 0 Å².